The monoisotopic (exact) mass is 466 g/mol. The van der Waals surface area contributed by atoms with E-state index in [4.69, 9.17) is 0 Å². The molecule has 7 nitrogen and oxygen atoms in total. The van der Waals surface area contributed by atoms with Gasteiger partial charge >= 0.3 is 0 Å². The van der Waals surface area contributed by atoms with Crippen LogP contribution in [0.4, 0.5) is 20.3 Å². The molecule has 1 aromatic carbocycles. The number of benzene rings is 1. The second kappa shape index (κ2) is 11.0. The van der Waals surface area contributed by atoms with Gasteiger partial charge in [-0.15, -0.1) is 0 Å². The zero-order valence-electron chi connectivity index (χ0n) is 18.2. The van der Waals surface area contributed by atoms with Crippen molar-refractivity contribution in [3.8, 4) is 6.07 Å². The first-order valence-corrected chi connectivity index (χ1v) is 10.7. The zero-order valence-corrected chi connectivity index (χ0v) is 18.2. The molecular weight excluding hydrogens is 438 g/mol. The van der Waals surface area contributed by atoms with Crippen LogP contribution in [0.1, 0.15) is 60.0 Å². The van der Waals surface area contributed by atoms with Crippen molar-refractivity contribution in [1.82, 2.24) is 15.0 Å². The number of halogens is 2. The summed E-state index contributed by atoms with van der Waals surface area (Å²) < 4.78 is 25.8. The summed E-state index contributed by atoms with van der Waals surface area (Å²) in [6, 6.07) is 10.6. The van der Waals surface area contributed by atoms with Crippen molar-refractivity contribution in [2.24, 2.45) is 0 Å². The molecule has 1 aliphatic rings. The predicted octanol–water partition coefficient (Wildman–Crippen LogP) is 4.72. The van der Waals surface area contributed by atoms with Crippen LogP contribution in [0.5, 0.6) is 0 Å². The number of aryl methyl sites for hydroxylation is 1. The van der Waals surface area contributed by atoms with E-state index in [-0.39, 0.29) is 25.8 Å². The van der Waals surface area contributed by atoms with E-state index < -0.39 is 6.43 Å². The summed E-state index contributed by atoms with van der Waals surface area (Å²) in [4.78, 5) is 14.8. The lowest BCUT2D eigenvalue weighted by Crippen LogP contribution is -2.32. The van der Waals surface area contributed by atoms with E-state index >= 15 is 0 Å². The summed E-state index contributed by atoms with van der Waals surface area (Å²) in [6.07, 6.45) is 1.32. The van der Waals surface area contributed by atoms with Gasteiger partial charge in [-0.3, -0.25) is 4.98 Å². The number of nitriles is 1. The lowest BCUT2D eigenvalue weighted by molar-refractivity contribution is 0.146. The smallest absolute Gasteiger partial charge is 0.280 e. The van der Waals surface area contributed by atoms with Gasteiger partial charge in [-0.2, -0.15) is 5.26 Å². The molecule has 3 heterocycles. The third kappa shape index (κ3) is 5.29. The molecule has 2 aromatic heterocycles. The molecule has 0 unspecified atom stereocenters. The first-order chi connectivity index (χ1) is 16.0. The quantitative estimate of drug-likeness (QED) is 0.520. The standard InChI is InChI=1S/C24H24F2N6O.CH4/c1-15-2-5-22(17(10-15)11-27)32-8-6-20-18(13-32)24(30-14-29-20)31-19(7-9-33)16-3-4-21(23(25)26)28-12-16;/h2-5,10,12,14,19,23,33H,6-9,13H2,1H3,(H,29,30,31);1H4/t19-;/m1./s1. The number of fused-ring (bicyclic) bond motifs is 1. The molecule has 4 rings (SSSR count). The van der Waals surface area contributed by atoms with E-state index in [1.807, 2.05) is 25.1 Å². The van der Waals surface area contributed by atoms with Crippen molar-refractivity contribution in [1.29, 1.82) is 5.26 Å². The summed E-state index contributed by atoms with van der Waals surface area (Å²) in [5.41, 5.74) is 4.73. The van der Waals surface area contributed by atoms with Gasteiger partial charge in [0, 0.05) is 37.9 Å². The van der Waals surface area contributed by atoms with Crippen LogP contribution in [-0.2, 0) is 13.0 Å². The van der Waals surface area contributed by atoms with E-state index in [9.17, 15) is 19.1 Å². The Morgan fingerprint density at radius 2 is 2.03 bits per heavy atom. The van der Waals surface area contributed by atoms with Crippen LogP contribution in [0.15, 0.2) is 42.9 Å². The molecule has 0 spiro atoms. The minimum atomic E-state index is -2.64. The molecule has 0 saturated heterocycles. The van der Waals surface area contributed by atoms with Gasteiger partial charge in [-0.1, -0.05) is 19.6 Å². The fourth-order valence-electron chi connectivity index (χ4n) is 4.05. The molecule has 178 valence electrons. The van der Waals surface area contributed by atoms with Gasteiger partial charge in [0.05, 0.1) is 23.0 Å². The topological polar surface area (TPSA) is 98.0 Å². The molecule has 0 amide bonds. The number of hydrogen-bond acceptors (Lipinski definition) is 7. The Morgan fingerprint density at radius 3 is 2.71 bits per heavy atom. The molecule has 1 aliphatic heterocycles. The number of rotatable bonds is 7. The van der Waals surface area contributed by atoms with E-state index in [0.717, 1.165) is 29.1 Å². The number of nitrogens with zero attached hydrogens (tertiary/aromatic N) is 5. The molecule has 0 fully saturated rings. The van der Waals surface area contributed by atoms with Crippen LogP contribution in [0.25, 0.3) is 0 Å². The highest BCUT2D eigenvalue weighted by Crippen LogP contribution is 2.32. The highest BCUT2D eigenvalue weighted by atomic mass is 19.3. The minimum Gasteiger partial charge on any atom is -0.396 e. The Morgan fingerprint density at radius 1 is 1.21 bits per heavy atom. The average molecular weight is 467 g/mol. The molecular formula is C25H28F2N6O. The van der Waals surface area contributed by atoms with Crippen molar-refractivity contribution >= 4 is 11.5 Å². The van der Waals surface area contributed by atoms with Crippen molar-refractivity contribution in [2.45, 2.75) is 46.2 Å². The SMILES string of the molecule is C.Cc1ccc(N2CCc3ncnc(N[C@H](CCO)c4ccc(C(F)F)nc4)c3C2)c(C#N)c1. The summed E-state index contributed by atoms with van der Waals surface area (Å²) >= 11 is 0. The Bertz CT molecular complexity index is 1160. The maximum absolute atomic E-state index is 12.9. The van der Waals surface area contributed by atoms with Crippen molar-refractivity contribution in [2.75, 3.05) is 23.4 Å². The lowest BCUT2D eigenvalue weighted by Gasteiger charge is -2.32. The lowest BCUT2D eigenvalue weighted by atomic mass is 10.0. The molecule has 0 bridgehead atoms. The second-order valence-electron chi connectivity index (χ2n) is 7.98. The van der Waals surface area contributed by atoms with Gasteiger partial charge in [0.2, 0.25) is 0 Å². The number of alkyl halides is 2. The number of aromatic nitrogens is 3. The number of aliphatic hydroxyl groups is 1. The maximum atomic E-state index is 12.9. The van der Waals surface area contributed by atoms with E-state index in [1.165, 1.54) is 18.6 Å². The van der Waals surface area contributed by atoms with Crippen molar-refractivity contribution < 1.29 is 13.9 Å². The molecule has 34 heavy (non-hydrogen) atoms. The fourth-order valence-corrected chi connectivity index (χ4v) is 4.05. The zero-order chi connectivity index (χ0) is 23.4. The van der Waals surface area contributed by atoms with Crippen LogP contribution < -0.4 is 10.2 Å². The highest BCUT2D eigenvalue weighted by molar-refractivity contribution is 5.63. The van der Waals surface area contributed by atoms with Gasteiger partial charge < -0.3 is 15.3 Å². The summed E-state index contributed by atoms with van der Waals surface area (Å²) in [5, 5.41) is 22.5. The minimum absolute atomic E-state index is 0. The van der Waals surface area contributed by atoms with Gasteiger partial charge in [0.1, 0.15) is 23.9 Å². The fraction of sp³-hybridized carbons (Fsp3) is 0.360. The largest absolute Gasteiger partial charge is 0.396 e. The van der Waals surface area contributed by atoms with Gasteiger partial charge in [-0.25, -0.2) is 18.7 Å². The van der Waals surface area contributed by atoms with E-state index in [0.29, 0.717) is 36.3 Å². The van der Waals surface area contributed by atoms with E-state index in [1.54, 1.807) is 6.07 Å². The first kappa shape index (κ1) is 25.0. The third-order valence-corrected chi connectivity index (χ3v) is 5.78. The van der Waals surface area contributed by atoms with Crippen molar-refractivity contribution in [3.63, 3.8) is 0 Å². The van der Waals surface area contributed by atoms with Crippen LogP contribution in [0.3, 0.4) is 0 Å². The molecule has 0 aliphatic carbocycles. The van der Waals surface area contributed by atoms with Crippen LogP contribution >= 0.6 is 0 Å². The van der Waals surface area contributed by atoms with Crippen molar-refractivity contribution in [3.05, 3.63) is 76.5 Å². The number of pyridine rings is 1. The maximum Gasteiger partial charge on any atom is 0.280 e. The molecule has 0 radical (unpaired) electrons. The Labute approximate surface area is 198 Å². The molecule has 0 saturated carbocycles. The Balaban J connectivity index is 0.00000324. The van der Waals surface area contributed by atoms with Crippen LogP contribution in [0, 0.1) is 18.3 Å². The Kier molecular flexibility index (Phi) is 8.08. The average Bonchev–Trinajstić information content (AvgIpc) is 2.83. The third-order valence-electron chi connectivity index (χ3n) is 5.78. The van der Waals surface area contributed by atoms with Crippen LogP contribution in [0.2, 0.25) is 0 Å². The normalized spacial score (nSPS) is 13.6. The Hall–Kier alpha value is -3.64. The number of aliphatic hydroxyl groups excluding tert-OH is 1. The molecule has 3 aromatic rings. The highest BCUT2D eigenvalue weighted by Gasteiger charge is 2.24. The number of anilines is 2. The summed E-state index contributed by atoms with van der Waals surface area (Å²) in [5.74, 6) is 0.617. The number of hydrogen-bond donors (Lipinski definition) is 2. The summed E-state index contributed by atoms with van der Waals surface area (Å²) in [6.45, 7) is 3.10. The molecule has 2 N–H and O–H groups in total. The number of nitrogens with one attached hydrogen (secondary N) is 1. The van der Waals surface area contributed by atoms with Gasteiger partial charge in [-0.05, 0) is 42.7 Å². The predicted molar refractivity (Wildman–Crippen MR) is 127 cm³/mol. The molecule has 1 atom stereocenters. The molecule has 9 heteroatoms. The van der Waals surface area contributed by atoms with E-state index in [2.05, 4.69) is 31.2 Å². The van der Waals surface area contributed by atoms with Gasteiger partial charge in [0.25, 0.3) is 6.43 Å². The first-order valence-electron chi connectivity index (χ1n) is 10.7. The van der Waals surface area contributed by atoms with Gasteiger partial charge in [0.15, 0.2) is 0 Å². The second-order valence-corrected chi connectivity index (χ2v) is 7.98. The van der Waals surface area contributed by atoms with Crippen LogP contribution in [-0.4, -0.2) is 33.2 Å². The summed E-state index contributed by atoms with van der Waals surface area (Å²) in [7, 11) is 0.